The third-order valence-corrected chi connectivity index (χ3v) is 9.33. The highest BCUT2D eigenvalue weighted by Gasteiger charge is 2.45. The Morgan fingerprint density at radius 1 is 0.974 bits per heavy atom. The number of nitrogens with zero attached hydrogens (tertiary/aromatic N) is 2. The number of hydrogen-bond acceptors (Lipinski definition) is 5. The van der Waals surface area contributed by atoms with Crippen molar-refractivity contribution >= 4 is 16.1 Å². The number of anilines is 1. The van der Waals surface area contributed by atoms with Crippen molar-refractivity contribution in [2.45, 2.75) is 49.4 Å². The molecule has 3 aromatic rings. The summed E-state index contributed by atoms with van der Waals surface area (Å²) in [5, 5.41) is 0. The summed E-state index contributed by atoms with van der Waals surface area (Å²) >= 11 is 0. The predicted octanol–water partition coefficient (Wildman–Crippen LogP) is 6.33. The maximum atomic E-state index is 13.2. The van der Waals surface area contributed by atoms with Gasteiger partial charge < -0.3 is 18.9 Å². The minimum absolute atomic E-state index is 0.161. The standard InChI is InChI=1S/C29H31F3N2O4S/c1-2-37-26-12-5-3-8-22(26)21-33-17-14-28(38-27-13-6-4-11-25(27)33)15-18-34(19-16-28)39(35,36)24-10-7-9-23(20-24)29(30,31)32/h3-13,20H,2,14-19,21H2,1H3. The third-order valence-electron chi connectivity index (χ3n) is 7.44. The van der Waals surface area contributed by atoms with Gasteiger partial charge in [0.15, 0.2) is 15.3 Å². The van der Waals surface area contributed by atoms with Gasteiger partial charge in [0.05, 0.1) is 17.9 Å². The highest BCUT2D eigenvalue weighted by molar-refractivity contribution is 7.95. The summed E-state index contributed by atoms with van der Waals surface area (Å²) in [7, 11) is -4.08. The fourth-order valence-corrected chi connectivity index (χ4v) is 6.80. The number of ether oxygens (including phenoxy) is 2. The van der Waals surface area contributed by atoms with E-state index >= 15 is 0 Å². The van der Waals surface area contributed by atoms with E-state index < -0.39 is 27.7 Å². The van der Waals surface area contributed by atoms with Crippen LogP contribution in [0.15, 0.2) is 77.7 Å². The molecular weight excluding hydrogens is 529 g/mol. The number of fused-ring (bicyclic) bond motifs is 1. The molecule has 2 heterocycles. The summed E-state index contributed by atoms with van der Waals surface area (Å²) in [6, 6.07) is 19.7. The summed E-state index contributed by atoms with van der Waals surface area (Å²) in [6.45, 7) is 4.16. The number of rotatable bonds is 6. The summed E-state index contributed by atoms with van der Waals surface area (Å²) in [4.78, 5) is 1.91. The fourth-order valence-electron chi connectivity index (χ4n) is 5.32. The maximum absolute atomic E-state index is 13.2. The van der Waals surface area contributed by atoms with Crippen molar-refractivity contribution in [1.29, 1.82) is 0 Å². The Bertz CT molecular complexity index is 1360. The highest BCUT2D eigenvalue weighted by atomic mass is 32.3. The summed E-state index contributed by atoms with van der Waals surface area (Å²) in [5.74, 6) is 1.57. The van der Waals surface area contributed by atoms with Crippen LogP contribution in [0.25, 0.3) is 0 Å². The van der Waals surface area contributed by atoms with Crippen molar-refractivity contribution in [2.75, 3.05) is 31.1 Å². The van der Waals surface area contributed by atoms with Gasteiger partial charge in [-0.15, -0.1) is 4.31 Å². The van der Waals surface area contributed by atoms with Crippen LogP contribution in [0.4, 0.5) is 18.9 Å². The second kappa shape index (κ2) is 10.8. The molecule has 2 aliphatic rings. The van der Waals surface area contributed by atoms with Crippen LogP contribution < -0.4 is 14.4 Å². The number of benzene rings is 3. The molecule has 39 heavy (non-hydrogen) atoms. The van der Waals surface area contributed by atoms with Crippen LogP contribution in [0.1, 0.15) is 37.3 Å². The van der Waals surface area contributed by atoms with Crippen LogP contribution in [0.3, 0.4) is 0 Å². The van der Waals surface area contributed by atoms with Gasteiger partial charge in [-0.05, 0) is 37.3 Å². The Labute approximate surface area is 227 Å². The molecule has 6 nitrogen and oxygen atoms in total. The number of para-hydroxylation sites is 3. The fraction of sp³-hybridized carbons (Fsp3) is 0.379. The minimum Gasteiger partial charge on any atom is -0.593 e. The van der Waals surface area contributed by atoms with Crippen LogP contribution in [-0.4, -0.2) is 40.7 Å². The van der Waals surface area contributed by atoms with Crippen LogP contribution in [0.5, 0.6) is 11.5 Å². The molecule has 1 unspecified atom stereocenters. The first-order valence-electron chi connectivity index (χ1n) is 13.0. The van der Waals surface area contributed by atoms with Gasteiger partial charge >= 0.3 is 6.18 Å². The molecule has 0 N–H and O–H groups in total. The second-order valence-corrected chi connectivity index (χ2v) is 11.8. The lowest BCUT2D eigenvalue weighted by Gasteiger charge is -2.41. The van der Waals surface area contributed by atoms with E-state index in [0.717, 1.165) is 34.9 Å². The molecule has 1 atom stereocenters. The maximum Gasteiger partial charge on any atom is 0.416 e. The lowest BCUT2D eigenvalue weighted by molar-refractivity contribution is -0.137. The molecular formula is C29H31F3N2O4S. The molecule has 2 aliphatic heterocycles. The van der Waals surface area contributed by atoms with Crippen LogP contribution in [0, 0.1) is 0 Å². The number of halogens is 3. The largest absolute Gasteiger partial charge is 0.593 e. The Morgan fingerprint density at radius 3 is 2.41 bits per heavy atom. The SMILES string of the molecule is CCOc1ccccc1CN1CCC2(CCN([S+](=O)([O-])c3cccc(C(F)(F)F)c3)CC2)Oc2ccccc21. The van der Waals surface area contributed by atoms with Crippen molar-refractivity contribution in [1.82, 2.24) is 4.31 Å². The molecule has 1 spiro atoms. The van der Waals surface area contributed by atoms with Crippen molar-refractivity contribution in [3.63, 3.8) is 0 Å². The summed E-state index contributed by atoms with van der Waals surface area (Å²) < 4.78 is 79.8. The van der Waals surface area contributed by atoms with E-state index in [4.69, 9.17) is 9.47 Å². The second-order valence-electron chi connectivity index (χ2n) is 9.89. The Morgan fingerprint density at radius 2 is 1.67 bits per heavy atom. The van der Waals surface area contributed by atoms with Gasteiger partial charge in [0.1, 0.15) is 17.1 Å². The third kappa shape index (κ3) is 5.78. The predicted molar refractivity (Wildman–Crippen MR) is 142 cm³/mol. The number of hydrogen-bond donors (Lipinski definition) is 0. The number of sulfonamides is 1. The molecule has 0 aliphatic carbocycles. The van der Waals surface area contributed by atoms with Crippen LogP contribution in [0.2, 0.25) is 0 Å². The summed E-state index contributed by atoms with van der Waals surface area (Å²) in [5.41, 5.74) is 0.461. The Kier molecular flexibility index (Phi) is 7.63. The van der Waals surface area contributed by atoms with Crippen molar-refractivity contribution < 1.29 is 31.4 Å². The molecule has 3 aromatic carbocycles. The molecule has 0 radical (unpaired) electrons. The molecule has 0 saturated carbocycles. The van der Waals surface area contributed by atoms with E-state index in [1.807, 2.05) is 55.5 Å². The van der Waals surface area contributed by atoms with Gasteiger partial charge in [0.25, 0.3) is 0 Å². The highest BCUT2D eigenvalue weighted by Crippen LogP contribution is 2.42. The molecule has 0 amide bonds. The van der Waals surface area contributed by atoms with E-state index in [2.05, 4.69) is 4.90 Å². The lowest BCUT2D eigenvalue weighted by atomic mass is 9.88. The molecule has 10 heteroatoms. The van der Waals surface area contributed by atoms with Crippen LogP contribution >= 0.6 is 0 Å². The van der Waals surface area contributed by atoms with E-state index in [1.165, 1.54) is 10.4 Å². The molecule has 0 bridgehead atoms. The average molecular weight is 561 g/mol. The van der Waals surface area contributed by atoms with Gasteiger partial charge in [-0.25, -0.2) is 0 Å². The van der Waals surface area contributed by atoms with E-state index in [-0.39, 0.29) is 18.0 Å². The Balaban J connectivity index is 1.34. The lowest BCUT2D eigenvalue weighted by Crippen LogP contribution is -2.51. The van der Waals surface area contributed by atoms with E-state index in [0.29, 0.717) is 45.0 Å². The number of piperidine rings is 1. The van der Waals surface area contributed by atoms with Crippen molar-refractivity contribution in [3.8, 4) is 11.5 Å². The van der Waals surface area contributed by atoms with E-state index in [9.17, 15) is 21.9 Å². The molecule has 0 aromatic heterocycles. The van der Waals surface area contributed by atoms with Gasteiger partial charge in [-0.3, -0.25) is 0 Å². The quantitative estimate of drug-likeness (QED) is 0.330. The molecule has 1 saturated heterocycles. The zero-order chi connectivity index (χ0) is 27.7. The van der Waals surface area contributed by atoms with Gasteiger partial charge in [-0.1, -0.05) is 40.6 Å². The van der Waals surface area contributed by atoms with E-state index in [1.54, 1.807) is 0 Å². The van der Waals surface area contributed by atoms with Gasteiger partial charge in [-0.2, -0.15) is 13.2 Å². The normalized spacial score (nSPS) is 19.1. The molecule has 1 fully saturated rings. The first-order valence-corrected chi connectivity index (χ1v) is 14.5. The first-order chi connectivity index (χ1) is 18.6. The monoisotopic (exact) mass is 560 g/mol. The van der Waals surface area contributed by atoms with Crippen LogP contribution in [-0.2, 0) is 27.3 Å². The van der Waals surface area contributed by atoms with Gasteiger partial charge in [0, 0.05) is 57.1 Å². The van der Waals surface area contributed by atoms with Crippen molar-refractivity contribution in [3.05, 3.63) is 83.9 Å². The van der Waals surface area contributed by atoms with Crippen molar-refractivity contribution in [2.24, 2.45) is 0 Å². The van der Waals surface area contributed by atoms with Gasteiger partial charge in [0.2, 0.25) is 0 Å². The zero-order valence-electron chi connectivity index (χ0n) is 21.7. The minimum atomic E-state index is -4.62. The Hall–Kier alpha value is -3.08. The molecule has 5 rings (SSSR count). The zero-order valence-corrected chi connectivity index (χ0v) is 22.5. The first kappa shape index (κ1) is 27.5. The molecule has 208 valence electrons. The smallest absolute Gasteiger partial charge is 0.416 e. The summed E-state index contributed by atoms with van der Waals surface area (Å²) in [6.07, 6.45) is -3.07. The number of alkyl halides is 3. The average Bonchev–Trinajstić information content (AvgIpc) is 3.06. The topological polar surface area (TPSA) is 65.1 Å².